The maximum absolute atomic E-state index is 13.4. The van der Waals surface area contributed by atoms with Crippen LogP contribution in [0.2, 0.25) is 0 Å². The molecule has 0 saturated heterocycles. The first-order chi connectivity index (χ1) is 17.2. The van der Waals surface area contributed by atoms with Crippen molar-refractivity contribution in [3.8, 4) is 0 Å². The van der Waals surface area contributed by atoms with E-state index in [4.69, 9.17) is 14.3 Å². The van der Waals surface area contributed by atoms with Crippen LogP contribution in [0, 0.1) is 5.92 Å². The molecule has 3 N–H and O–H groups in total. The van der Waals surface area contributed by atoms with Crippen LogP contribution >= 0.6 is 11.3 Å². The lowest BCUT2D eigenvalue weighted by Crippen LogP contribution is -2.40. The van der Waals surface area contributed by atoms with Gasteiger partial charge in [0.25, 0.3) is 0 Å². The van der Waals surface area contributed by atoms with Crippen LogP contribution in [-0.4, -0.2) is 36.9 Å². The van der Waals surface area contributed by atoms with Crippen LogP contribution in [-0.2, 0) is 50.3 Å². The lowest BCUT2D eigenvalue weighted by atomic mass is 9.97. The van der Waals surface area contributed by atoms with Crippen LogP contribution < -0.4 is 10.0 Å². The molecule has 3 aromatic rings. The number of esters is 1. The standard InChI is InChI=1S/C25H27N3O6S2/c1-34-25(30)19(14-16-6-3-2-4-7-16)23(29)26-21(24-27-20-8-5-9-22(20)35-24)15-17-10-12-18(13-11-17)28-36(31,32)33/h2-4,6-7,10-13,19,21,28H,5,8-9,14-15H2,1H3,(H,26,29)(H,31,32,33). The van der Waals surface area contributed by atoms with Crippen LogP contribution in [0.3, 0.4) is 0 Å². The SMILES string of the molecule is COC(=O)C(Cc1ccccc1)C(=O)NC(Cc1ccc(NS(=O)(=O)O)cc1)c1nc2c(s1)CCC2. The number of rotatable bonds is 10. The fourth-order valence-corrected chi connectivity index (χ4v) is 5.84. The van der Waals surface area contributed by atoms with E-state index in [-0.39, 0.29) is 12.1 Å². The molecule has 1 heterocycles. The summed E-state index contributed by atoms with van der Waals surface area (Å²) in [6.07, 6.45) is 3.51. The minimum absolute atomic E-state index is 0.205. The highest BCUT2D eigenvalue weighted by Crippen LogP contribution is 2.32. The number of aromatic nitrogens is 1. The van der Waals surface area contributed by atoms with Crippen molar-refractivity contribution in [2.45, 2.75) is 38.1 Å². The summed E-state index contributed by atoms with van der Waals surface area (Å²) in [4.78, 5) is 31.9. The second-order valence-corrected chi connectivity index (χ2v) is 10.8. The van der Waals surface area contributed by atoms with Gasteiger partial charge in [0.1, 0.15) is 10.9 Å². The van der Waals surface area contributed by atoms with Gasteiger partial charge in [-0.2, -0.15) is 8.42 Å². The summed E-state index contributed by atoms with van der Waals surface area (Å²) in [5.41, 5.74) is 2.92. The fraction of sp³-hybridized carbons (Fsp3) is 0.320. The first-order valence-electron chi connectivity index (χ1n) is 11.5. The number of thiazole rings is 1. The van der Waals surface area contributed by atoms with Crippen LogP contribution in [0.1, 0.15) is 39.2 Å². The van der Waals surface area contributed by atoms with Gasteiger partial charge in [-0.1, -0.05) is 42.5 Å². The lowest BCUT2D eigenvalue weighted by molar-refractivity contribution is -0.150. The van der Waals surface area contributed by atoms with E-state index in [9.17, 15) is 18.0 Å². The summed E-state index contributed by atoms with van der Waals surface area (Å²) in [6.45, 7) is 0. The van der Waals surface area contributed by atoms with Crippen molar-refractivity contribution in [1.29, 1.82) is 0 Å². The number of fused-ring (bicyclic) bond motifs is 1. The van der Waals surface area contributed by atoms with Gasteiger partial charge in [0.05, 0.1) is 24.5 Å². The third-order valence-electron chi connectivity index (χ3n) is 5.95. The van der Waals surface area contributed by atoms with Crippen molar-refractivity contribution in [3.05, 3.63) is 81.3 Å². The molecule has 2 atom stereocenters. The number of carbonyl (C=O) groups is 2. The van der Waals surface area contributed by atoms with Crippen molar-refractivity contribution in [1.82, 2.24) is 10.3 Å². The number of carbonyl (C=O) groups excluding carboxylic acids is 2. The van der Waals surface area contributed by atoms with E-state index in [2.05, 4.69) is 5.32 Å². The van der Waals surface area contributed by atoms with Crippen LogP contribution in [0.5, 0.6) is 0 Å². The Hall–Kier alpha value is -3.28. The summed E-state index contributed by atoms with van der Waals surface area (Å²) in [5.74, 6) is -2.08. The zero-order valence-corrected chi connectivity index (χ0v) is 21.3. The molecule has 11 heteroatoms. The third-order valence-corrected chi connectivity index (χ3v) is 7.72. The molecule has 1 aliphatic carbocycles. The summed E-state index contributed by atoms with van der Waals surface area (Å²) in [6, 6.07) is 15.2. The molecule has 1 amide bonds. The number of aryl methyl sites for hydroxylation is 2. The number of hydrogen-bond acceptors (Lipinski definition) is 7. The van der Waals surface area contributed by atoms with Gasteiger partial charge in [0.2, 0.25) is 5.91 Å². The van der Waals surface area contributed by atoms with Gasteiger partial charge in [-0.05, 0) is 55.4 Å². The summed E-state index contributed by atoms with van der Waals surface area (Å²) in [7, 11) is -3.11. The van der Waals surface area contributed by atoms with Crippen molar-refractivity contribution in [3.63, 3.8) is 0 Å². The average molecular weight is 530 g/mol. The normalized spacial score (nSPS) is 14.5. The van der Waals surface area contributed by atoms with E-state index in [1.807, 2.05) is 35.1 Å². The van der Waals surface area contributed by atoms with Gasteiger partial charge in [0.15, 0.2) is 0 Å². The molecule has 0 fully saturated rings. The van der Waals surface area contributed by atoms with Gasteiger partial charge in [-0.15, -0.1) is 11.3 Å². The van der Waals surface area contributed by atoms with E-state index in [1.165, 1.54) is 24.1 Å². The molecular weight excluding hydrogens is 502 g/mol. The lowest BCUT2D eigenvalue weighted by Gasteiger charge is -2.21. The predicted octanol–water partition coefficient (Wildman–Crippen LogP) is 3.28. The molecule has 190 valence electrons. The number of nitrogens with zero attached hydrogens (tertiary/aromatic N) is 1. The van der Waals surface area contributed by atoms with Gasteiger partial charge >= 0.3 is 16.3 Å². The molecule has 0 saturated carbocycles. The maximum atomic E-state index is 13.4. The van der Waals surface area contributed by atoms with Crippen LogP contribution in [0.4, 0.5) is 5.69 Å². The highest BCUT2D eigenvalue weighted by Gasteiger charge is 2.31. The van der Waals surface area contributed by atoms with Gasteiger partial charge in [0, 0.05) is 4.88 Å². The van der Waals surface area contributed by atoms with Crippen LogP contribution in [0.15, 0.2) is 54.6 Å². The Bertz CT molecular complexity index is 1300. The number of benzene rings is 2. The number of nitrogens with one attached hydrogen (secondary N) is 2. The monoisotopic (exact) mass is 529 g/mol. The summed E-state index contributed by atoms with van der Waals surface area (Å²) in [5, 5.41) is 3.78. The molecule has 0 bridgehead atoms. The summed E-state index contributed by atoms with van der Waals surface area (Å²) >= 11 is 1.57. The number of amides is 1. The molecule has 0 aliphatic heterocycles. The average Bonchev–Trinajstić information content (AvgIpc) is 3.45. The van der Waals surface area contributed by atoms with Crippen LogP contribution in [0.25, 0.3) is 0 Å². The van der Waals surface area contributed by atoms with E-state index in [0.29, 0.717) is 6.42 Å². The highest BCUT2D eigenvalue weighted by molar-refractivity contribution is 7.87. The van der Waals surface area contributed by atoms with E-state index < -0.39 is 34.1 Å². The Morgan fingerprint density at radius 2 is 1.75 bits per heavy atom. The quantitative estimate of drug-likeness (QED) is 0.208. The molecule has 2 unspecified atom stereocenters. The Morgan fingerprint density at radius 3 is 2.39 bits per heavy atom. The van der Waals surface area contributed by atoms with Gasteiger partial charge in [-0.3, -0.25) is 18.9 Å². The number of anilines is 1. The fourth-order valence-electron chi connectivity index (χ4n) is 4.20. The molecular formula is C25H27N3O6S2. The minimum Gasteiger partial charge on any atom is -0.468 e. The van der Waals surface area contributed by atoms with Crippen molar-refractivity contribution in [2.75, 3.05) is 11.8 Å². The van der Waals surface area contributed by atoms with E-state index in [1.54, 1.807) is 23.5 Å². The highest BCUT2D eigenvalue weighted by atomic mass is 32.2. The van der Waals surface area contributed by atoms with Crippen molar-refractivity contribution < 1.29 is 27.3 Å². The molecule has 1 aromatic heterocycles. The molecule has 4 rings (SSSR count). The number of ether oxygens (including phenoxy) is 1. The van der Waals surface area contributed by atoms with E-state index >= 15 is 0 Å². The van der Waals surface area contributed by atoms with E-state index in [0.717, 1.165) is 41.1 Å². The smallest absolute Gasteiger partial charge is 0.357 e. The largest absolute Gasteiger partial charge is 0.468 e. The Labute approximate surface area is 213 Å². The van der Waals surface area contributed by atoms with Gasteiger partial charge < -0.3 is 10.1 Å². The van der Waals surface area contributed by atoms with Gasteiger partial charge in [-0.25, -0.2) is 4.98 Å². The number of methoxy groups -OCH3 is 1. The van der Waals surface area contributed by atoms with Crippen molar-refractivity contribution >= 4 is 39.2 Å². The first-order valence-corrected chi connectivity index (χ1v) is 13.7. The van der Waals surface area contributed by atoms with Crippen molar-refractivity contribution in [2.24, 2.45) is 5.92 Å². The third kappa shape index (κ3) is 6.68. The molecule has 1 aliphatic rings. The zero-order valence-electron chi connectivity index (χ0n) is 19.6. The molecule has 36 heavy (non-hydrogen) atoms. The maximum Gasteiger partial charge on any atom is 0.357 e. The molecule has 2 aromatic carbocycles. The predicted molar refractivity (Wildman–Crippen MR) is 136 cm³/mol. The molecule has 0 radical (unpaired) electrons. The Kier molecular flexibility index (Phi) is 8.02. The minimum atomic E-state index is -4.38. The zero-order chi connectivity index (χ0) is 25.7. The Morgan fingerprint density at radius 1 is 1.06 bits per heavy atom. The Balaban J connectivity index is 1.57. The second kappa shape index (κ2) is 11.2. The molecule has 9 nitrogen and oxygen atoms in total. The topological polar surface area (TPSA) is 135 Å². The second-order valence-electron chi connectivity index (χ2n) is 8.58. The summed E-state index contributed by atoms with van der Waals surface area (Å²) < 4.78 is 38.0. The number of hydrogen-bond donors (Lipinski definition) is 3. The first kappa shape index (κ1) is 25.8. The molecule has 0 spiro atoms.